The van der Waals surface area contributed by atoms with Crippen LogP contribution < -0.4 is 0 Å². The molecule has 1 aromatic rings. The quantitative estimate of drug-likeness (QED) is 0.335. The van der Waals surface area contributed by atoms with Crippen molar-refractivity contribution in [2.45, 2.75) is 136 Å². The molecule has 2 atom stereocenters. The molecular formula is C29H46Cl2. The van der Waals surface area contributed by atoms with Gasteiger partial charge < -0.3 is 0 Å². The largest absolute Gasteiger partial charge is 0.120 e. The highest BCUT2D eigenvalue weighted by atomic mass is 35.5. The number of hydrogen-bond acceptors (Lipinski definition) is 0. The van der Waals surface area contributed by atoms with Crippen molar-refractivity contribution in [3.8, 4) is 0 Å². The number of halogens is 2. The fourth-order valence-electron chi connectivity index (χ4n) is 8.06. The zero-order valence-electron chi connectivity index (χ0n) is 22.1. The second kappa shape index (κ2) is 7.66. The van der Waals surface area contributed by atoms with Crippen molar-refractivity contribution in [3.63, 3.8) is 0 Å². The van der Waals surface area contributed by atoms with Crippen molar-refractivity contribution in [1.82, 2.24) is 0 Å². The molecule has 31 heavy (non-hydrogen) atoms. The van der Waals surface area contributed by atoms with Crippen LogP contribution in [0.2, 0.25) is 0 Å². The molecule has 0 aromatic heterocycles. The first kappa shape index (κ1) is 25.4. The van der Waals surface area contributed by atoms with Gasteiger partial charge in [0.15, 0.2) is 0 Å². The molecule has 0 aliphatic heterocycles. The Bertz CT molecular complexity index is 843. The highest BCUT2D eigenvalue weighted by Crippen LogP contribution is 2.58. The Balaban J connectivity index is 1.84. The summed E-state index contributed by atoms with van der Waals surface area (Å²) in [5, 5.41) is 0. The van der Waals surface area contributed by atoms with Gasteiger partial charge in [0, 0.05) is 9.75 Å². The smallest absolute Gasteiger partial charge is 0.0395 e. The molecule has 0 saturated carbocycles. The first-order chi connectivity index (χ1) is 13.7. The number of rotatable bonds is 8. The maximum absolute atomic E-state index is 6.62. The lowest BCUT2D eigenvalue weighted by Crippen LogP contribution is -2.44. The third kappa shape index (κ3) is 5.32. The zero-order valence-corrected chi connectivity index (χ0v) is 23.6. The molecule has 0 nitrogen and oxygen atoms in total. The molecule has 0 saturated heterocycles. The summed E-state index contributed by atoms with van der Waals surface area (Å²) in [7, 11) is 0. The second-order valence-corrected chi connectivity index (χ2v) is 16.2. The highest BCUT2D eigenvalue weighted by Gasteiger charge is 2.48. The van der Waals surface area contributed by atoms with Crippen LogP contribution in [0.1, 0.15) is 127 Å². The minimum Gasteiger partial charge on any atom is -0.120 e. The average molecular weight is 466 g/mol. The Morgan fingerprint density at radius 1 is 0.806 bits per heavy atom. The number of hydrogen-bond donors (Lipinski definition) is 0. The van der Waals surface area contributed by atoms with Gasteiger partial charge in [0.1, 0.15) is 0 Å². The molecule has 3 rings (SSSR count). The number of alkyl halides is 2. The van der Waals surface area contributed by atoms with Gasteiger partial charge in [-0.2, -0.15) is 0 Å². The Hall–Kier alpha value is -0.200. The van der Waals surface area contributed by atoms with Crippen LogP contribution in [0, 0.1) is 24.7 Å². The van der Waals surface area contributed by atoms with Gasteiger partial charge in [-0.1, -0.05) is 34.6 Å². The lowest BCUT2D eigenvalue weighted by atomic mass is 9.53. The fraction of sp³-hybridized carbons (Fsp3) is 0.793. The molecule has 1 aromatic carbocycles. The predicted octanol–water partition coefficient (Wildman–Crippen LogP) is 9.40. The van der Waals surface area contributed by atoms with Gasteiger partial charge in [-0.15, -0.1) is 23.2 Å². The second-order valence-electron chi connectivity index (χ2n) is 14.1. The zero-order chi connectivity index (χ0) is 23.8. The van der Waals surface area contributed by atoms with Crippen LogP contribution in [-0.2, 0) is 18.3 Å². The monoisotopic (exact) mass is 464 g/mol. The van der Waals surface area contributed by atoms with Gasteiger partial charge in [-0.3, -0.25) is 0 Å². The van der Waals surface area contributed by atoms with Crippen LogP contribution in [0.4, 0.5) is 0 Å². The van der Waals surface area contributed by atoms with Crippen LogP contribution in [0.5, 0.6) is 0 Å². The molecule has 0 bridgehead atoms. The molecule has 0 amide bonds. The summed E-state index contributed by atoms with van der Waals surface area (Å²) >= 11 is 13.2. The molecule has 0 spiro atoms. The predicted molar refractivity (Wildman–Crippen MR) is 139 cm³/mol. The Morgan fingerprint density at radius 2 is 1.32 bits per heavy atom. The van der Waals surface area contributed by atoms with Crippen molar-refractivity contribution >= 4 is 23.2 Å². The third-order valence-electron chi connectivity index (χ3n) is 7.81. The molecule has 0 heterocycles. The molecule has 2 unspecified atom stereocenters. The first-order valence-electron chi connectivity index (χ1n) is 12.3. The van der Waals surface area contributed by atoms with Crippen molar-refractivity contribution in [2.75, 3.05) is 0 Å². The molecule has 2 aliphatic rings. The summed E-state index contributed by atoms with van der Waals surface area (Å²) in [5.74, 6) is 0.702. The number of fused-ring (bicyclic) bond motifs is 2. The Kier molecular flexibility index (Phi) is 6.28. The minimum absolute atomic E-state index is 0.131. The maximum Gasteiger partial charge on any atom is 0.0395 e. The van der Waals surface area contributed by atoms with Gasteiger partial charge in [-0.05, 0) is 136 Å². The molecular weight excluding hydrogens is 419 g/mol. The van der Waals surface area contributed by atoms with E-state index in [4.69, 9.17) is 23.2 Å². The van der Waals surface area contributed by atoms with Crippen molar-refractivity contribution in [3.05, 3.63) is 33.4 Å². The average Bonchev–Trinajstić information content (AvgIpc) is 2.41. The van der Waals surface area contributed by atoms with E-state index in [1.165, 1.54) is 25.7 Å². The van der Waals surface area contributed by atoms with Crippen LogP contribution >= 0.6 is 23.2 Å². The molecule has 0 fully saturated rings. The Morgan fingerprint density at radius 3 is 1.84 bits per heavy atom. The van der Waals surface area contributed by atoms with E-state index in [0.29, 0.717) is 5.92 Å². The minimum atomic E-state index is -0.143. The van der Waals surface area contributed by atoms with E-state index < -0.39 is 0 Å². The lowest BCUT2D eigenvalue weighted by Gasteiger charge is -2.52. The van der Waals surface area contributed by atoms with E-state index in [9.17, 15) is 0 Å². The molecule has 0 radical (unpaired) electrons. The summed E-state index contributed by atoms with van der Waals surface area (Å²) in [6.45, 7) is 25.5. The lowest BCUT2D eigenvalue weighted by molar-refractivity contribution is 0.191. The van der Waals surface area contributed by atoms with E-state index in [1.807, 2.05) is 0 Å². The van der Waals surface area contributed by atoms with E-state index in [-0.39, 0.29) is 26.0 Å². The normalized spacial score (nSPS) is 23.7. The summed E-state index contributed by atoms with van der Waals surface area (Å²) < 4.78 is 0. The van der Waals surface area contributed by atoms with E-state index >= 15 is 0 Å². The Labute approximate surface area is 202 Å². The summed E-state index contributed by atoms with van der Waals surface area (Å²) in [6, 6.07) is 0. The summed E-state index contributed by atoms with van der Waals surface area (Å²) in [4.78, 5) is -0.275. The van der Waals surface area contributed by atoms with E-state index in [0.717, 1.165) is 12.8 Å². The highest BCUT2D eigenvalue weighted by molar-refractivity contribution is 6.23. The fourth-order valence-corrected chi connectivity index (χ4v) is 8.78. The van der Waals surface area contributed by atoms with Gasteiger partial charge in [0.2, 0.25) is 0 Å². The molecule has 2 heteroatoms. The van der Waals surface area contributed by atoms with Gasteiger partial charge in [-0.25, -0.2) is 0 Å². The summed E-state index contributed by atoms with van der Waals surface area (Å²) in [6.07, 6.45) is 7.02. The van der Waals surface area contributed by atoms with Gasteiger partial charge >= 0.3 is 0 Å². The first-order valence-corrected chi connectivity index (χ1v) is 13.0. The van der Waals surface area contributed by atoms with E-state index in [2.05, 4.69) is 76.2 Å². The van der Waals surface area contributed by atoms with Crippen molar-refractivity contribution in [1.29, 1.82) is 0 Å². The van der Waals surface area contributed by atoms with Crippen LogP contribution in [-0.4, -0.2) is 9.75 Å². The van der Waals surface area contributed by atoms with E-state index in [1.54, 1.807) is 33.4 Å². The number of benzene rings is 1. The SMILES string of the molecule is Cc1c2c(c(C)c3c1C(CC(C)(C)CC(C)(C)Cl)C3)C(C)(CC(C)(C)CC(C)(C)Cl)C2. The molecule has 176 valence electrons. The third-order valence-corrected chi connectivity index (χ3v) is 8.07. The topological polar surface area (TPSA) is 0 Å². The van der Waals surface area contributed by atoms with Crippen LogP contribution in [0.25, 0.3) is 0 Å². The van der Waals surface area contributed by atoms with Crippen molar-refractivity contribution < 1.29 is 0 Å². The standard InChI is InChI=1S/C29H46Cl2/c1-18-22-14-29(11,17-26(5,6)16-28(9,10)31)24(22)19(2)21-12-20(23(18)21)13-25(3,4)15-27(7,8)30/h20H,12-17H2,1-11H3. The molecule has 0 N–H and O–H groups in total. The maximum atomic E-state index is 6.62. The molecule has 2 aliphatic carbocycles. The van der Waals surface area contributed by atoms with Gasteiger partial charge in [0.05, 0.1) is 0 Å². The van der Waals surface area contributed by atoms with Crippen molar-refractivity contribution in [2.24, 2.45) is 10.8 Å². The van der Waals surface area contributed by atoms with Crippen LogP contribution in [0.15, 0.2) is 0 Å². The van der Waals surface area contributed by atoms with Crippen LogP contribution in [0.3, 0.4) is 0 Å². The van der Waals surface area contributed by atoms with Gasteiger partial charge in [0.25, 0.3) is 0 Å². The summed E-state index contributed by atoms with van der Waals surface area (Å²) in [5.41, 5.74) is 10.6.